The highest BCUT2D eigenvalue weighted by Crippen LogP contribution is 2.20. The molecule has 0 bridgehead atoms. The molecule has 128 valence electrons. The van der Waals surface area contributed by atoms with E-state index < -0.39 is 0 Å². The zero-order valence-electron chi connectivity index (χ0n) is 14.3. The van der Waals surface area contributed by atoms with E-state index in [9.17, 15) is 4.39 Å². The molecule has 0 unspecified atom stereocenters. The molecule has 1 aromatic heterocycles. The van der Waals surface area contributed by atoms with Crippen molar-refractivity contribution < 1.29 is 4.39 Å². The molecule has 6 heteroatoms. The van der Waals surface area contributed by atoms with Crippen LogP contribution < -0.4 is 10.6 Å². The number of aromatic nitrogens is 3. The number of hydrogen-bond acceptors (Lipinski definition) is 5. The van der Waals surface area contributed by atoms with Crippen LogP contribution in [0, 0.1) is 19.7 Å². The van der Waals surface area contributed by atoms with Crippen LogP contribution in [0.25, 0.3) is 0 Å². The Morgan fingerprint density at radius 1 is 1.04 bits per heavy atom. The summed E-state index contributed by atoms with van der Waals surface area (Å²) in [5.41, 5.74) is 4.35. The van der Waals surface area contributed by atoms with Crippen LogP contribution in [0.5, 0.6) is 0 Å². The van der Waals surface area contributed by atoms with Crippen molar-refractivity contribution in [1.29, 1.82) is 0 Å². The van der Waals surface area contributed by atoms with Gasteiger partial charge >= 0.3 is 0 Å². The molecule has 0 amide bonds. The van der Waals surface area contributed by atoms with Gasteiger partial charge in [-0.05, 0) is 55.2 Å². The lowest BCUT2D eigenvalue weighted by atomic mass is 10.1. The second-order valence-electron chi connectivity index (χ2n) is 5.91. The molecule has 0 spiro atoms. The summed E-state index contributed by atoms with van der Waals surface area (Å²) >= 11 is 0. The average molecular weight is 337 g/mol. The van der Waals surface area contributed by atoms with Gasteiger partial charge in [-0.25, -0.2) is 4.39 Å². The molecular weight excluding hydrogens is 317 g/mol. The molecule has 5 nitrogen and oxygen atoms in total. The fourth-order valence-electron chi connectivity index (χ4n) is 2.42. The second kappa shape index (κ2) is 7.70. The van der Waals surface area contributed by atoms with Gasteiger partial charge in [0, 0.05) is 12.2 Å². The molecule has 1 heterocycles. The van der Waals surface area contributed by atoms with E-state index in [4.69, 9.17) is 0 Å². The first-order valence-corrected chi connectivity index (χ1v) is 8.12. The molecule has 0 aliphatic heterocycles. The molecule has 0 radical (unpaired) electrons. The van der Waals surface area contributed by atoms with Gasteiger partial charge in [0.2, 0.25) is 5.95 Å². The Morgan fingerprint density at radius 2 is 1.84 bits per heavy atom. The summed E-state index contributed by atoms with van der Waals surface area (Å²) in [6.07, 6.45) is 2.34. The van der Waals surface area contributed by atoms with Crippen LogP contribution >= 0.6 is 0 Å². The third-order valence-electron chi connectivity index (χ3n) is 3.82. The van der Waals surface area contributed by atoms with Crippen molar-refractivity contribution in [3.8, 4) is 0 Å². The summed E-state index contributed by atoms with van der Waals surface area (Å²) in [5.74, 6) is 0.861. The zero-order valence-corrected chi connectivity index (χ0v) is 14.3. The van der Waals surface area contributed by atoms with E-state index in [0.29, 0.717) is 18.3 Å². The highest BCUT2D eigenvalue weighted by Gasteiger charge is 2.04. The lowest BCUT2D eigenvalue weighted by Crippen LogP contribution is -2.10. The maximum atomic E-state index is 12.9. The molecule has 0 aliphatic carbocycles. The summed E-state index contributed by atoms with van der Waals surface area (Å²) in [5, 5.41) is 14.4. The minimum Gasteiger partial charge on any atom is -0.353 e. The van der Waals surface area contributed by atoms with Gasteiger partial charge in [0.05, 0.1) is 6.20 Å². The first-order chi connectivity index (χ1) is 12.1. The van der Waals surface area contributed by atoms with Gasteiger partial charge in [-0.1, -0.05) is 24.3 Å². The van der Waals surface area contributed by atoms with Crippen molar-refractivity contribution in [2.75, 3.05) is 17.2 Å². The minimum absolute atomic E-state index is 0.227. The van der Waals surface area contributed by atoms with Crippen LogP contribution in [-0.2, 0) is 6.42 Å². The van der Waals surface area contributed by atoms with Crippen LogP contribution in [0.15, 0.2) is 48.7 Å². The first kappa shape index (κ1) is 16.8. The fraction of sp³-hybridized carbons (Fsp3) is 0.211. The van der Waals surface area contributed by atoms with E-state index in [1.807, 2.05) is 13.8 Å². The molecule has 2 N–H and O–H groups in total. The normalized spacial score (nSPS) is 10.5. The van der Waals surface area contributed by atoms with Crippen molar-refractivity contribution in [1.82, 2.24) is 15.2 Å². The summed E-state index contributed by atoms with van der Waals surface area (Å²) in [4.78, 5) is 4.43. The topological polar surface area (TPSA) is 62.7 Å². The van der Waals surface area contributed by atoms with E-state index in [2.05, 4.69) is 44.0 Å². The summed E-state index contributed by atoms with van der Waals surface area (Å²) in [6, 6.07) is 12.7. The van der Waals surface area contributed by atoms with Gasteiger partial charge in [-0.15, -0.1) is 5.10 Å². The molecule has 0 fully saturated rings. The van der Waals surface area contributed by atoms with Crippen molar-refractivity contribution in [2.45, 2.75) is 20.3 Å². The molecule has 0 atom stereocenters. The van der Waals surface area contributed by atoms with Gasteiger partial charge in [0.1, 0.15) is 5.82 Å². The SMILES string of the molecule is Cc1ccc(C)c(Nc2cnnc(NCCc3ccc(F)cc3)n2)c1. The molecule has 0 saturated heterocycles. The van der Waals surface area contributed by atoms with Gasteiger partial charge in [-0.3, -0.25) is 0 Å². The van der Waals surface area contributed by atoms with Crippen LogP contribution in [0.1, 0.15) is 16.7 Å². The fourth-order valence-corrected chi connectivity index (χ4v) is 2.42. The van der Waals surface area contributed by atoms with E-state index in [0.717, 1.165) is 23.2 Å². The summed E-state index contributed by atoms with van der Waals surface area (Å²) < 4.78 is 12.9. The number of benzene rings is 2. The molecular formula is C19H20FN5. The number of nitrogens with zero attached hydrogens (tertiary/aromatic N) is 3. The van der Waals surface area contributed by atoms with Crippen molar-refractivity contribution in [3.63, 3.8) is 0 Å². The number of hydrogen-bond donors (Lipinski definition) is 2. The molecule has 3 aromatic rings. The van der Waals surface area contributed by atoms with E-state index in [-0.39, 0.29) is 5.82 Å². The number of halogens is 1. The molecule has 3 rings (SSSR count). The number of aryl methyl sites for hydroxylation is 2. The summed E-state index contributed by atoms with van der Waals surface area (Å²) in [7, 11) is 0. The predicted octanol–water partition coefficient (Wildman–Crippen LogP) is 4.03. The van der Waals surface area contributed by atoms with E-state index in [1.165, 1.54) is 17.7 Å². The standard InChI is InChI=1S/C19H20FN5/c1-13-3-4-14(2)17(11-13)23-18-12-22-25-19(24-18)21-10-9-15-5-7-16(20)8-6-15/h3-8,11-12H,9-10H2,1-2H3,(H2,21,23,24,25). The lowest BCUT2D eigenvalue weighted by Gasteiger charge is -2.10. The van der Waals surface area contributed by atoms with Gasteiger partial charge in [-0.2, -0.15) is 10.1 Å². The molecule has 0 aliphatic rings. The molecule has 25 heavy (non-hydrogen) atoms. The van der Waals surface area contributed by atoms with Crippen molar-refractivity contribution in [3.05, 3.63) is 71.2 Å². The Kier molecular flexibility index (Phi) is 5.18. The highest BCUT2D eigenvalue weighted by atomic mass is 19.1. The Morgan fingerprint density at radius 3 is 2.64 bits per heavy atom. The number of nitrogens with one attached hydrogen (secondary N) is 2. The van der Waals surface area contributed by atoms with Crippen LogP contribution in [0.3, 0.4) is 0 Å². The Labute approximate surface area is 146 Å². The Balaban J connectivity index is 1.61. The average Bonchev–Trinajstić information content (AvgIpc) is 2.60. The highest BCUT2D eigenvalue weighted by molar-refractivity contribution is 5.61. The monoisotopic (exact) mass is 337 g/mol. The maximum absolute atomic E-state index is 12.9. The van der Waals surface area contributed by atoms with Crippen LogP contribution in [-0.4, -0.2) is 21.7 Å². The largest absolute Gasteiger partial charge is 0.353 e. The van der Waals surface area contributed by atoms with Crippen molar-refractivity contribution >= 4 is 17.5 Å². The minimum atomic E-state index is -0.227. The van der Waals surface area contributed by atoms with Gasteiger partial charge in [0.15, 0.2) is 5.82 Å². The van der Waals surface area contributed by atoms with E-state index in [1.54, 1.807) is 18.3 Å². The second-order valence-corrected chi connectivity index (χ2v) is 5.91. The first-order valence-electron chi connectivity index (χ1n) is 8.12. The quantitative estimate of drug-likeness (QED) is 0.711. The Hall–Kier alpha value is -3.02. The molecule has 2 aromatic carbocycles. The smallest absolute Gasteiger partial charge is 0.244 e. The summed E-state index contributed by atoms with van der Waals surface area (Å²) in [6.45, 7) is 4.73. The zero-order chi connectivity index (χ0) is 17.6. The van der Waals surface area contributed by atoms with Crippen molar-refractivity contribution in [2.24, 2.45) is 0 Å². The molecule has 0 saturated carbocycles. The van der Waals surface area contributed by atoms with Crippen LogP contribution in [0.2, 0.25) is 0 Å². The lowest BCUT2D eigenvalue weighted by molar-refractivity contribution is 0.627. The predicted molar refractivity (Wildman–Crippen MR) is 97.6 cm³/mol. The number of rotatable bonds is 6. The number of anilines is 3. The third kappa shape index (κ3) is 4.73. The van der Waals surface area contributed by atoms with Gasteiger partial charge in [0.25, 0.3) is 0 Å². The van der Waals surface area contributed by atoms with E-state index >= 15 is 0 Å². The third-order valence-corrected chi connectivity index (χ3v) is 3.82. The maximum Gasteiger partial charge on any atom is 0.244 e. The van der Waals surface area contributed by atoms with Gasteiger partial charge < -0.3 is 10.6 Å². The Bertz CT molecular complexity index is 849. The van der Waals surface area contributed by atoms with Crippen LogP contribution in [0.4, 0.5) is 21.8 Å².